The second-order valence-corrected chi connectivity index (χ2v) is 8.33. The topological polar surface area (TPSA) is 34.1 Å². The van der Waals surface area contributed by atoms with Gasteiger partial charge in [0.15, 0.2) is 11.2 Å². The molecule has 30 heavy (non-hydrogen) atoms. The smallest absolute Gasteiger partial charge is 0.195 e. The largest absolute Gasteiger partial charge is 0.289 e. The average Bonchev–Trinajstić information content (AvgIpc) is 2.80. The van der Waals surface area contributed by atoms with E-state index in [2.05, 4.69) is 0 Å². The van der Waals surface area contributed by atoms with E-state index in [1.807, 2.05) is 97.1 Å². The van der Waals surface area contributed by atoms with Crippen LogP contribution in [0.3, 0.4) is 0 Å². The molecule has 0 bridgehead atoms. The Labute approximate surface area is 178 Å². The maximum atomic E-state index is 12.1. The molecule has 1 aliphatic rings. The first-order valence-electron chi connectivity index (χ1n) is 9.83. The molecule has 0 aliphatic heterocycles. The minimum absolute atomic E-state index is 0.139. The fraction of sp³-hybridized carbons (Fsp3) is 0.0370. The van der Waals surface area contributed by atoms with E-state index in [1.165, 1.54) is 0 Å². The summed E-state index contributed by atoms with van der Waals surface area (Å²) in [7, 11) is 0. The molecule has 0 spiro atoms. The molecule has 2 nitrogen and oxygen atoms in total. The molecule has 144 valence electrons. The van der Waals surface area contributed by atoms with Crippen LogP contribution in [0.15, 0.2) is 102 Å². The highest BCUT2D eigenvalue weighted by Crippen LogP contribution is 2.26. The summed E-state index contributed by atoms with van der Waals surface area (Å²) in [5.41, 5.74) is 4.13. The van der Waals surface area contributed by atoms with Gasteiger partial charge in [-0.3, -0.25) is 9.59 Å². The quantitative estimate of drug-likeness (QED) is 0.280. The summed E-state index contributed by atoms with van der Waals surface area (Å²) in [6, 6.07) is 31.2. The van der Waals surface area contributed by atoms with Crippen LogP contribution in [0.25, 0.3) is 20.2 Å². The lowest BCUT2D eigenvalue weighted by molar-refractivity contribution is 0.103. The van der Waals surface area contributed by atoms with Crippen molar-refractivity contribution in [2.45, 2.75) is 6.42 Å². The van der Waals surface area contributed by atoms with Crippen LogP contribution in [-0.2, 0) is 6.42 Å². The van der Waals surface area contributed by atoms with Gasteiger partial charge >= 0.3 is 0 Å². The van der Waals surface area contributed by atoms with E-state index in [-0.39, 0.29) is 11.2 Å². The molecule has 0 N–H and O–H groups in total. The van der Waals surface area contributed by atoms with E-state index < -0.39 is 0 Å². The number of carbonyl (C=O) groups is 1. The van der Waals surface area contributed by atoms with Crippen molar-refractivity contribution in [1.82, 2.24) is 0 Å². The monoisotopic (exact) mass is 406 g/mol. The number of hydrogen-bond donors (Lipinski definition) is 0. The molecule has 0 saturated carbocycles. The predicted molar refractivity (Wildman–Crippen MR) is 125 cm³/mol. The van der Waals surface area contributed by atoms with Crippen molar-refractivity contribution in [1.29, 1.82) is 0 Å². The van der Waals surface area contributed by atoms with Crippen molar-refractivity contribution >= 4 is 37.3 Å². The summed E-state index contributed by atoms with van der Waals surface area (Å²) < 4.78 is 2.11. The Morgan fingerprint density at radius 3 is 1.50 bits per heavy atom. The van der Waals surface area contributed by atoms with Crippen molar-refractivity contribution in [3.63, 3.8) is 0 Å². The second-order valence-electron chi connectivity index (χ2n) is 7.24. The maximum Gasteiger partial charge on any atom is 0.195 e. The van der Waals surface area contributed by atoms with Crippen molar-refractivity contribution < 1.29 is 4.79 Å². The summed E-state index contributed by atoms with van der Waals surface area (Å²) in [6.07, 6.45) is 0.873. The molecular formula is C27H18O2S. The molecule has 0 fully saturated rings. The van der Waals surface area contributed by atoms with Crippen LogP contribution in [0.4, 0.5) is 0 Å². The van der Waals surface area contributed by atoms with Gasteiger partial charge in [0.25, 0.3) is 0 Å². The lowest BCUT2D eigenvalue weighted by atomic mass is 9.85. The van der Waals surface area contributed by atoms with E-state index >= 15 is 0 Å². The fourth-order valence-electron chi connectivity index (χ4n) is 3.89. The van der Waals surface area contributed by atoms with Crippen LogP contribution < -0.4 is 5.43 Å². The first-order chi connectivity index (χ1) is 14.7. The van der Waals surface area contributed by atoms with Gasteiger partial charge in [-0.25, -0.2) is 0 Å². The summed E-state index contributed by atoms with van der Waals surface area (Å²) in [5.74, 6) is 0.160. The third-order valence-electron chi connectivity index (χ3n) is 5.39. The van der Waals surface area contributed by atoms with Crippen molar-refractivity contribution in [2.75, 3.05) is 0 Å². The Bertz CT molecular complexity index is 1360. The molecule has 3 heteroatoms. The number of carbonyl (C=O) groups excluding carboxylic acids is 1. The molecule has 6 rings (SSSR count). The Hall–Kier alpha value is -3.56. The molecule has 1 heterocycles. The van der Waals surface area contributed by atoms with Crippen LogP contribution in [0, 0.1) is 0 Å². The molecular weight excluding hydrogens is 388 g/mol. The highest BCUT2D eigenvalue weighted by Gasteiger charge is 2.21. The van der Waals surface area contributed by atoms with Crippen LogP contribution in [0.2, 0.25) is 0 Å². The maximum absolute atomic E-state index is 12.1. The van der Waals surface area contributed by atoms with Gasteiger partial charge in [0.1, 0.15) is 0 Å². The number of benzene rings is 4. The zero-order valence-corrected chi connectivity index (χ0v) is 17.0. The number of hydrogen-bond acceptors (Lipinski definition) is 3. The summed E-state index contributed by atoms with van der Waals surface area (Å²) in [5, 5.41) is 1.64. The number of fused-ring (bicyclic) bond motifs is 4. The third-order valence-corrected chi connectivity index (χ3v) is 6.54. The predicted octanol–water partition coefficient (Wildman–Crippen LogP) is 6.24. The zero-order valence-electron chi connectivity index (χ0n) is 16.2. The summed E-state index contributed by atoms with van der Waals surface area (Å²) >= 11 is 1.67. The molecule has 0 unspecified atom stereocenters. The molecule has 5 aromatic rings. The van der Waals surface area contributed by atoms with E-state index in [9.17, 15) is 9.59 Å². The minimum Gasteiger partial charge on any atom is -0.289 e. The van der Waals surface area contributed by atoms with Gasteiger partial charge in [0, 0.05) is 31.3 Å². The van der Waals surface area contributed by atoms with Gasteiger partial charge in [-0.1, -0.05) is 72.8 Å². The zero-order chi connectivity index (χ0) is 20.5. The lowest BCUT2D eigenvalue weighted by Gasteiger charge is -2.17. The third kappa shape index (κ3) is 3.23. The Morgan fingerprint density at radius 2 is 0.967 bits per heavy atom. The Kier molecular flexibility index (Phi) is 4.74. The van der Waals surface area contributed by atoms with E-state index in [0.717, 1.165) is 48.8 Å². The standard InChI is InChI=1S/C14H10O.C13H8OS/c15-14-12-7-3-1-5-10(12)9-11-6-2-4-8-13(11)14;14-13-9-5-1-3-7-11(9)15-12-8-4-2-6-10(12)13/h1-8H,9H2;1-8H. The number of ketones is 1. The highest BCUT2D eigenvalue weighted by atomic mass is 32.1. The van der Waals surface area contributed by atoms with Crippen LogP contribution in [-0.4, -0.2) is 5.78 Å². The first kappa shape index (κ1) is 18.5. The molecule has 0 saturated heterocycles. The van der Waals surface area contributed by atoms with Gasteiger partial charge in [0.05, 0.1) is 0 Å². The lowest BCUT2D eigenvalue weighted by Crippen LogP contribution is -2.14. The SMILES string of the molecule is O=C1c2ccccc2Cc2ccccc21.O=c1c2ccccc2sc2ccccc12. The van der Waals surface area contributed by atoms with Crippen molar-refractivity contribution in [2.24, 2.45) is 0 Å². The van der Waals surface area contributed by atoms with E-state index in [1.54, 1.807) is 11.3 Å². The Morgan fingerprint density at radius 1 is 0.533 bits per heavy atom. The van der Waals surface area contributed by atoms with Gasteiger partial charge in [-0.2, -0.15) is 0 Å². The Balaban J connectivity index is 0.000000128. The van der Waals surface area contributed by atoms with Gasteiger partial charge in [-0.15, -0.1) is 11.3 Å². The van der Waals surface area contributed by atoms with Crippen molar-refractivity contribution in [3.05, 3.63) is 130 Å². The molecule has 0 amide bonds. The average molecular weight is 407 g/mol. The molecule has 1 aromatic heterocycles. The normalized spacial score (nSPS) is 12.1. The van der Waals surface area contributed by atoms with Crippen LogP contribution in [0.5, 0.6) is 0 Å². The summed E-state index contributed by atoms with van der Waals surface area (Å²) in [6.45, 7) is 0. The van der Waals surface area contributed by atoms with Crippen LogP contribution in [0.1, 0.15) is 27.0 Å². The van der Waals surface area contributed by atoms with Gasteiger partial charge in [-0.05, 0) is 41.8 Å². The van der Waals surface area contributed by atoms with E-state index in [0.29, 0.717) is 0 Å². The summed E-state index contributed by atoms with van der Waals surface area (Å²) in [4.78, 5) is 24.2. The minimum atomic E-state index is 0.139. The second kappa shape index (κ2) is 7.69. The van der Waals surface area contributed by atoms with E-state index in [4.69, 9.17) is 0 Å². The molecule has 0 radical (unpaired) electrons. The molecule has 1 aliphatic carbocycles. The molecule has 0 atom stereocenters. The van der Waals surface area contributed by atoms with Crippen LogP contribution >= 0.6 is 11.3 Å². The number of rotatable bonds is 0. The van der Waals surface area contributed by atoms with Gasteiger partial charge < -0.3 is 0 Å². The highest BCUT2D eigenvalue weighted by molar-refractivity contribution is 7.24. The molecule has 4 aromatic carbocycles. The van der Waals surface area contributed by atoms with Gasteiger partial charge in [0.2, 0.25) is 0 Å². The first-order valence-corrected chi connectivity index (χ1v) is 10.6. The fourth-order valence-corrected chi connectivity index (χ4v) is 4.96. The van der Waals surface area contributed by atoms with Crippen molar-refractivity contribution in [3.8, 4) is 0 Å².